The number of amides is 1. The third kappa shape index (κ3) is 4.70. The molecule has 0 aromatic heterocycles. The molecule has 21 heavy (non-hydrogen) atoms. The number of carbonyl (C=O) groups excluding carboxylic acids is 1. The fraction of sp³-hybridized carbons (Fsp3) is 0.944. The molecule has 0 aromatic rings. The average molecular weight is 294 g/mol. The van der Waals surface area contributed by atoms with Crippen molar-refractivity contribution < 1.29 is 4.79 Å². The summed E-state index contributed by atoms with van der Waals surface area (Å²) >= 11 is 0. The molecule has 1 amide bonds. The standard InChI is InChI=1S/C18H34N2O/c1-2-15(14-19)13-18(21)20(16-9-5-3-6-10-16)17-11-7-4-8-12-17/h15-17H,2-14,19H2,1H3. The molecule has 122 valence electrons. The first kappa shape index (κ1) is 16.8. The highest BCUT2D eigenvalue weighted by atomic mass is 16.2. The van der Waals surface area contributed by atoms with E-state index < -0.39 is 0 Å². The van der Waals surface area contributed by atoms with Crippen LogP contribution in [0.5, 0.6) is 0 Å². The van der Waals surface area contributed by atoms with Crippen molar-refractivity contribution in [1.29, 1.82) is 0 Å². The van der Waals surface area contributed by atoms with Crippen molar-refractivity contribution in [2.45, 2.75) is 96.1 Å². The summed E-state index contributed by atoms with van der Waals surface area (Å²) in [6.07, 6.45) is 14.5. The van der Waals surface area contributed by atoms with Crippen molar-refractivity contribution in [3.8, 4) is 0 Å². The Morgan fingerprint density at radius 3 is 1.86 bits per heavy atom. The van der Waals surface area contributed by atoms with Crippen LogP contribution in [0.25, 0.3) is 0 Å². The molecule has 0 bridgehead atoms. The largest absolute Gasteiger partial charge is 0.337 e. The molecule has 0 aliphatic heterocycles. The Labute approximate surface area is 130 Å². The monoisotopic (exact) mass is 294 g/mol. The van der Waals surface area contributed by atoms with Gasteiger partial charge in [0.15, 0.2) is 0 Å². The zero-order chi connectivity index (χ0) is 15.1. The van der Waals surface area contributed by atoms with E-state index in [1.807, 2.05) is 0 Å². The van der Waals surface area contributed by atoms with Crippen molar-refractivity contribution in [3.05, 3.63) is 0 Å². The van der Waals surface area contributed by atoms with Gasteiger partial charge in [-0.15, -0.1) is 0 Å². The van der Waals surface area contributed by atoms with E-state index in [2.05, 4.69) is 11.8 Å². The predicted octanol–water partition coefficient (Wildman–Crippen LogP) is 3.86. The summed E-state index contributed by atoms with van der Waals surface area (Å²) in [5.41, 5.74) is 5.82. The Balaban J connectivity index is 2.04. The smallest absolute Gasteiger partial charge is 0.223 e. The Morgan fingerprint density at radius 2 is 1.48 bits per heavy atom. The van der Waals surface area contributed by atoms with Gasteiger partial charge in [0.2, 0.25) is 5.91 Å². The van der Waals surface area contributed by atoms with Crippen LogP contribution in [-0.2, 0) is 4.79 Å². The van der Waals surface area contributed by atoms with E-state index in [4.69, 9.17) is 5.73 Å². The fourth-order valence-electron chi connectivity index (χ4n) is 4.17. The molecular formula is C18H34N2O. The van der Waals surface area contributed by atoms with Gasteiger partial charge in [-0.25, -0.2) is 0 Å². The van der Waals surface area contributed by atoms with Gasteiger partial charge in [-0.1, -0.05) is 51.9 Å². The molecule has 0 spiro atoms. The van der Waals surface area contributed by atoms with Crippen molar-refractivity contribution in [2.75, 3.05) is 6.54 Å². The average Bonchev–Trinajstić information content (AvgIpc) is 2.55. The number of rotatable bonds is 6. The molecule has 3 heteroatoms. The molecule has 2 rings (SSSR count). The lowest BCUT2D eigenvalue weighted by Gasteiger charge is -2.42. The highest BCUT2D eigenvalue weighted by Gasteiger charge is 2.32. The van der Waals surface area contributed by atoms with Crippen molar-refractivity contribution >= 4 is 5.91 Å². The molecule has 2 N–H and O–H groups in total. The maximum absolute atomic E-state index is 12.9. The van der Waals surface area contributed by atoms with Crippen LogP contribution in [0.4, 0.5) is 0 Å². The van der Waals surface area contributed by atoms with Gasteiger partial charge in [0.25, 0.3) is 0 Å². The molecular weight excluding hydrogens is 260 g/mol. The number of nitrogens with zero attached hydrogens (tertiary/aromatic N) is 1. The molecule has 1 atom stereocenters. The minimum Gasteiger partial charge on any atom is -0.337 e. The van der Waals surface area contributed by atoms with Gasteiger partial charge in [0.05, 0.1) is 0 Å². The molecule has 2 fully saturated rings. The third-order valence-electron chi connectivity index (χ3n) is 5.60. The van der Waals surface area contributed by atoms with E-state index in [1.54, 1.807) is 0 Å². The Bertz CT molecular complexity index is 284. The second kappa shape index (κ2) is 8.77. The maximum Gasteiger partial charge on any atom is 0.223 e. The van der Waals surface area contributed by atoms with Crippen LogP contribution in [0.2, 0.25) is 0 Å². The zero-order valence-corrected chi connectivity index (χ0v) is 13.9. The number of carbonyl (C=O) groups is 1. The lowest BCUT2D eigenvalue weighted by molar-refractivity contribution is -0.139. The zero-order valence-electron chi connectivity index (χ0n) is 13.9. The minimum atomic E-state index is 0.368. The van der Waals surface area contributed by atoms with Gasteiger partial charge in [0.1, 0.15) is 0 Å². The summed E-state index contributed by atoms with van der Waals surface area (Å²) in [4.78, 5) is 15.3. The number of hydrogen-bond acceptors (Lipinski definition) is 2. The van der Waals surface area contributed by atoms with Gasteiger partial charge in [0, 0.05) is 18.5 Å². The third-order valence-corrected chi connectivity index (χ3v) is 5.60. The SMILES string of the molecule is CCC(CN)CC(=O)N(C1CCCCC1)C1CCCCC1. The van der Waals surface area contributed by atoms with Crippen molar-refractivity contribution in [1.82, 2.24) is 4.90 Å². The summed E-state index contributed by atoms with van der Waals surface area (Å²) in [6.45, 7) is 2.79. The van der Waals surface area contributed by atoms with E-state index in [0.29, 0.717) is 36.9 Å². The molecule has 2 aliphatic carbocycles. The van der Waals surface area contributed by atoms with Crippen molar-refractivity contribution in [2.24, 2.45) is 11.7 Å². The molecule has 0 saturated heterocycles. The summed E-state index contributed by atoms with van der Waals surface area (Å²) < 4.78 is 0. The molecule has 3 nitrogen and oxygen atoms in total. The van der Waals surface area contributed by atoms with E-state index in [9.17, 15) is 4.79 Å². The van der Waals surface area contributed by atoms with Crippen LogP contribution < -0.4 is 5.73 Å². The fourth-order valence-corrected chi connectivity index (χ4v) is 4.17. The molecule has 0 aromatic carbocycles. The van der Waals surface area contributed by atoms with Gasteiger partial charge in [-0.3, -0.25) is 4.79 Å². The first-order chi connectivity index (χ1) is 10.3. The molecule has 0 heterocycles. The second-order valence-corrected chi connectivity index (χ2v) is 7.10. The van der Waals surface area contributed by atoms with Gasteiger partial charge in [-0.2, -0.15) is 0 Å². The second-order valence-electron chi connectivity index (χ2n) is 7.10. The van der Waals surface area contributed by atoms with Gasteiger partial charge >= 0.3 is 0 Å². The van der Waals surface area contributed by atoms with E-state index in [0.717, 1.165) is 6.42 Å². The minimum absolute atomic E-state index is 0.368. The summed E-state index contributed by atoms with van der Waals surface area (Å²) in [6, 6.07) is 1.04. The van der Waals surface area contributed by atoms with Gasteiger partial charge in [-0.05, 0) is 38.1 Å². The normalized spacial score (nSPS) is 23.0. The van der Waals surface area contributed by atoms with E-state index >= 15 is 0 Å². The highest BCUT2D eigenvalue weighted by Crippen LogP contribution is 2.31. The van der Waals surface area contributed by atoms with Crippen molar-refractivity contribution in [3.63, 3.8) is 0 Å². The Morgan fingerprint density at radius 1 is 1.00 bits per heavy atom. The van der Waals surface area contributed by atoms with Crippen LogP contribution in [0.3, 0.4) is 0 Å². The molecule has 1 unspecified atom stereocenters. The molecule has 2 saturated carbocycles. The quantitative estimate of drug-likeness (QED) is 0.808. The first-order valence-electron chi connectivity index (χ1n) is 9.27. The lowest BCUT2D eigenvalue weighted by Crippen LogP contribution is -2.49. The summed E-state index contributed by atoms with van der Waals surface area (Å²) in [7, 11) is 0. The first-order valence-corrected chi connectivity index (χ1v) is 9.27. The lowest BCUT2D eigenvalue weighted by atomic mass is 9.87. The van der Waals surface area contributed by atoms with Crippen LogP contribution in [0.15, 0.2) is 0 Å². The van der Waals surface area contributed by atoms with E-state index in [1.165, 1.54) is 64.2 Å². The van der Waals surface area contributed by atoms with Crippen LogP contribution in [-0.4, -0.2) is 29.4 Å². The summed E-state index contributed by atoms with van der Waals surface area (Å²) in [5.74, 6) is 0.762. The van der Waals surface area contributed by atoms with Crippen LogP contribution >= 0.6 is 0 Å². The predicted molar refractivity (Wildman–Crippen MR) is 88.0 cm³/mol. The van der Waals surface area contributed by atoms with Crippen LogP contribution in [0.1, 0.15) is 84.0 Å². The highest BCUT2D eigenvalue weighted by molar-refractivity contribution is 5.77. The molecule has 2 aliphatic rings. The Kier molecular flexibility index (Phi) is 7.01. The van der Waals surface area contributed by atoms with Gasteiger partial charge < -0.3 is 10.6 Å². The Hall–Kier alpha value is -0.570. The summed E-state index contributed by atoms with van der Waals surface area (Å²) in [5, 5.41) is 0. The number of nitrogens with two attached hydrogens (primary N) is 1. The molecule has 0 radical (unpaired) electrons. The van der Waals surface area contributed by atoms with Crippen LogP contribution in [0, 0.1) is 5.92 Å². The topological polar surface area (TPSA) is 46.3 Å². The maximum atomic E-state index is 12.9. The number of hydrogen-bond donors (Lipinski definition) is 1. The van der Waals surface area contributed by atoms with E-state index in [-0.39, 0.29) is 0 Å².